The average molecular weight is 267 g/mol. The number of hydrogen-bond acceptors (Lipinski definition) is 1. The van der Waals surface area contributed by atoms with E-state index in [0.29, 0.717) is 5.92 Å². The van der Waals surface area contributed by atoms with Crippen LogP contribution in [0.15, 0.2) is 22.9 Å². The third-order valence-electron chi connectivity index (χ3n) is 2.40. The number of aromatic nitrogens is 2. The zero-order chi connectivity index (χ0) is 11.0. The van der Waals surface area contributed by atoms with Crippen LogP contribution in [-0.4, -0.2) is 9.55 Å². The summed E-state index contributed by atoms with van der Waals surface area (Å²) in [5.74, 6) is 0.625. The first-order chi connectivity index (χ1) is 7.08. The lowest BCUT2D eigenvalue weighted by Gasteiger charge is -2.08. The van der Waals surface area contributed by atoms with Crippen molar-refractivity contribution in [2.24, 2.45) is 5.92 Å². The zero-order valence-corrected chi connectivity index (χ0v) is 10.9. The topological polar surface area (TPSA) is 17.8 Å². The van der Waals surface area contributed by atoms with E-state index in [-0.39, 0.29) is 0 Å². The van der Waals surface area contributed by atoms with Gasteiger partial charge in [0.15, 0.2) is 4.73 Å². The third kappa shape index (κ3) is 2.07. The largest absolute Gasteiger partial charge is 0.318 e. The fraction of sp³-hybridized carbons (Fsp3) is 0.417. The van der Waals surface area contributed by atoms with Crippen LogP contribution in [0.5, 0.6) is 0 Å². The highest BCUT2D eigenvalue weighted by Crippen LogP contribution is 2.22. The van der Waals surface area contributed by atoms with Gasteiger partial charge in [0.1, 0.15) is 0 Å². The van der Waals surface area contributed by atoms with E-state index in [1.165, 1.54) is 11.1 Å². The Labute approximate surface area is 98.4 Å². The first-order valence-electron chi connectivity index (χ1n) is 5.20. The number of rotatable bonds is 2. The molecule has 0 saturated heterocycles. The smallest absolute Gasteiger partial charge is 0.178 e. The molecule has 3 heteroatoms. The average Bonchev–Trinajstić information content (AvgIpc) is 2.41. The molecule has 1 aromatic heterocycles. The minimum Gasteiger partial charge on any atom is -0.318 e. The molecular formula is C12H15BrN2. The van der Waals surface area contributed by atoms with Crippen molar-refractivity contribution >= 4 is 27.0 Å². The second kappa shape index (κ2) is 3.97. The lowest BCUT2D eigenvalue weighted by Crippen LogP contribution is -2.04. The predicted molar refractivity (Wildman–Crippen MR) is 67.0 cm³/mol. The van der Waals surface area contributed by atoms with Gasteiger partial charge in [-0.25, -0.2) is 4.98 Å². The molecule has 1 aromatic carbocycles. The Kier molecular flexibility index (Phi) is 2.83. The Hall–Kier alpha value is -0.830. The van der Waals surface area contributed by atoms with Gasteiger partial charge in [0.25, 0.3) is 0 Å². The molecule has 2 nitrogen and oxygen atoms in total. The molecule has 0 atom stereocenters. The van der Waals surface area contributed by atoms with E-state index in [2.05, 4.69) is 64.5 Å². The minimum atomic E-state index is 0.625. The molecule has 0 bridgehead atoms. The second-order valence-electron chi connectivity index (χ2n) is 4.38. The molecule has 0 saturated carbocycles. The lowest BCUT2D eigenvalue weighted by molar-refractivity contribution is 0.526. The van der Waals surface area contributed by atoms with Crippen molar-refractivity contribution in [3.8, 4) is 0 Å². The van der Waals surface area contributed by atoms with Crippen LogP contribution in [0.3, 0.4) is 0 Å². The van der Waals surface area contributed by atoms with Crippen molar-refractivity contribution in [1.82, 2.24) is 9.55 Å². The van der Waals surface area contributed by atoms with Crippen LogP contribution >= 0.6 is 15.9 Å². The van der Waals surface area contributed by atoms with Gasteiger partial charge in [-0.05, 0) is 46.5 Å². The van der Waals surface area contributed by atoms with Gasteiger partial charge in [-0.3, -0.25) is 0 Å². The molecule has 0 radical (unpaired) electrons. The van der Waals surface area contributed by atoms with Crippen LogP contribution in [0.1, 0.15) is 19.4 Å². The van der Waals surface area contributed by atoms with Crippen molar-refractivity contribution in [2.75, 3.05) is 0 Å². The summed E-state index contributed by atoms with van der Waals surface area (Å²) in [4.78, 5) is 4.51. The molecule has 0 aliphatic rings. The molecule has 0 aliphatic heterocycles. The Morgan fingerprint density at radius 1 is 1.40 bits per heavy atom. The molecule has 0 amide bonds. The van der Waals surface area contributed by atoms with Gasteiger partial charge < -0.3 is 4.57 Å². The van der Waals surface area contributed by atoms with Crippen LogP contribution in [0.25, 0.3) is 11.0 Å². The summed E-state index contributed by atoms with van der Waals surface area (Å²) in [6.45, 7) is 7.52. The highest BCUT2D eigenvalue weighted by atomic mass is 79.9. The van der Waals surface area contributed by atoms with E-state index in [9.17, 15) is 0 Å². The number of hydrogen-bond donors (Lipinski definition) is 0. The molecule has 80 valence electrons. The Bertz CT molecular complexity index is 486. The van der Waals surface area contributed by atoms with Crippen LogP contribution in [-0.2, 0) is 6.54 Å². The van der Waals surface area contributed by atoms with Gasteiger partial charge >= 0.3 is 0 Å². The van der Waals surface area contributed by atoms with Crippen LogP contribution in [0.2, 0.25) is 0 Å². The predicted octanol–water partition coefficient (Wildman–Crippen LogP) is 3.76. The number of fused-ring (bicyclic) bond motifs is 1. The molecule has 0 unspecified atom stereocenters. The maximum absolute atomic E-state index is 4.51. The summed E-state index contributed by atoms with van der Waals surface area (Å²) < 4.78 is 3.15. The van der Waals surface area contributed by atoms with E-state index < -0.39 is 0 Å². The van der Waals surface area contributed by atoms with Crippen molar-refractivity contribution in [1.29, 1.82) is 0 Å². The van der Waals surface area contributed by atoms with E-state index in [1.807, 2.05) is 0 Å². The molecular weight excluding hydrogens is 252 g/mol. The fourth-order valence-electron chi connectivity index (χ4n) is 1.75. The minimum absolute atomic E-state index is 0.625. The van der Waals surface area contributed by atoms with Gasteiger partial charge in [0, 0.05) is 6.54 Å². The van der Waals surface area contributed by atoms with Gasteiger partial charge in [-0.1, -0.05) is 19.9 Å². The maximum Gasteiger partial charge on any atom is 0.178 e. The van der Waals surface area contributed by atoms with Crippen LogP contribution in [0, 0.1) is 12.8 Å². The van der Waals surface area contributed by atoms with Crippen LogP contribution < -0.4 is 0 Å². The first kappa shape index (κ1) is 10.7. The quantitative estimate of drug-likeness (QED) is 0.810. The fourth-order valence-corrected chi connectivity index (χ4v) is 2.28. The first-order valence-corrected chi connectivity index (χ1v) is 5.99. The summed E-state index contributed by atoms with van der Waals surface area (Å²) >= 11 is 3.51. The van der Waals surface area contributed by atoms with Gasteiger partial charge in [0.05, 0.1) is 11.0 Å². The summed E-state index contributed by atoms with van der Waals surface area (Å²) in [5.41, 5.74) is 3.54. The number of halogens is 1. The summed E-state index contributed by atoms with van der Waals surface area (Å²) in [6, 6.07) is 6.40. The Balaban J connectivity index is 2.58. The highest BCUT2D eigenvalue weighted by Gasteiger charge is 2.09. The number of aryl methyl sites for hydroxylation is 1. The van der Waals surface area contributed by atoms with E-state index in [4.69, 9.17) is 0 Å². The number of imidazole rings is 1. The molecule has 1 heterocycles. The Morgan fingerprint density at radius 2 is 2.13 bits per heavy atom. The summed E-state index contributed by atoms with van der Waals surface area (Å²) in [5, 5.41) is 0. The van der Waals surface area contributed by atoms with E-state index in [1.54, 1.807) is 0 Å². The number of nitrogens with zero attached hydrogens (tertiary/aromatic N) is 2. The molecule has 15 heavy (non-hydrogen) atoms. The second-order valence-corrected chi connectivity index (χ2v) is 5.09. The monoisotopic (exact) mass is 266 g/mol. The molecule has 2 aromatic rings. The van der Waals surface area contributed by atoms with E-state index in [0.717, 1.165) is 16.8 Å². The van der Waals surface area contributed by atoms with Crippen molar-refractivity contribution < 1.29 is 0 Å². The summed E-state index contributed by atoms with van der Waals surface area (Å²) in [7, 11) is 0. The zero-order valence-electron chi connectivity index (χ0n) is 9.29. The van der Waals surface area contributed by atoms with Crippen LogP contribution in [0.4, 0.5) is 0 Å². The molecule has 0 fully saturated rings. The number of benzene rings is 1. The molecule has 0 aliphatic carbocycles. The van der Waals surface area contributed by atoms with Gasteiger partial charge in [-0.15, -0.1) is 0 Å². The molecule has 0 spiro atoms. The van der Waals surface area contributed by atoms with Crippen molar-refractivity contribution in [3.05, 3.63) is 28.5 Å². The Morgan fingerprint density at radius 3 is 2.80 bits per heavy atom. The van der Waals surface area contributed by atoms with Crippen molar-refractivity contribution in [3.63, 3.8) is 0 Å². The summed E-state index contributed by atoms with van der Waals surface area (Å²) in [6.07, 6.45) is 0. The molecule has 2 rings (SSSR count). The maximum atomic E-state index is 4.51. The van der Waals surface area contributed by atoms with Crippen molar-refractivity contribution in [2.45, 2.75) is 27.3 Å². The lowest BCUT2D eigenvalue weighted by atomic mass is 10.2. The SMILES string of the molecule is Cc1ccc2c(c1)nc(Br)n2CC(C)C. The molecule has 0 N–H and O–H groups in total. The third-order valence-corrected chi connectivity index (χ3v) is 3.01. The van der Waals surface area contributed by atoms with E-state index >= 15 is 0 Å². The van der Waals surface area contributed by atoms with Gasteiger partial charge in [0.2, 0.25) is 0 Å². The van der Waals surface area contributed by atoms with Gasteiger partial charge in [-0.2, -0.15) is 0 Å². The standard InChI is InChI=1S/C12H15BrN2/c1-8(2)7-15-11-5-4-9(3)6-10(11)14-12(15)13/h4-6,8H,7H2,1-3H3. The highest BCUT2D eigenvalue weighted by molar-refractivity contribution is 9.10. The normalized spacial score (nSPS) is 11.5.